The first-order valence-corrected chi connectivity index (χ1v) is 7.27. The van der Waals surface area contributed by atoms with Crippen LogP contribution in [0.2, 0.25) is 0 Å². The third-order valence-corrected chi connectivity index (χ3v) is 3.92. The average Bonchev–Trinajstić information content (AvgIpc) is 2.49. The SMILES string of the molecule is CC(CCNc1ncnc(NN)c1Br)c1ccccc1. The number of hydrogen-bond donors (Lipinski definition) is 3. The summed E-state index contributed by atoms with van der Waals surface area (Å²) in [5.41, 5.74) is 3.87. The largest absolute Gasteiger partial charge is 0.369 e. The summed E-state index contributed by atoms with van der Waals surface area (Å²) >= 11 is 3.42. The van der Waals surface area contributed by atoms with Crippen LogP contribution in [-0.4, -0.2) is 16.5 Å². The van der Waals surface area contributed by atoms with E-state index >= 15 is 0 Å². The number of nitrogens with two attached hydrogens (primary N) is 1. The van der Waals surface area contributed by atoms with E-state index in [2.05, 4.69) is 67.8 Å². The van der Waals surface area contributed by atoms with Gasteiger partial charge in [0.05, 0.1) is 0 Å². The van der Waals surface area contributed by atoms with Gasteiger partial charge in [0.15, 0.2) is 5.82 Å². The number of benzene rings is 1. The van der Waals surface area contributed by atoms with Gasteiger partial charge in [0.25, 0.3) is 0 Å². The molecule has 0 aliphatic carbocycles. The molecule has 0 aliphatic rings. The highest BCUT2D eigenvalue weighted by Gasteiger charge is 2.08. The molecule has 1 unspecified atom stereocenters. The van der Waals surface area contributed by atoms with Gasteiger partial charge in [0.1, 0.15) is 16.6 Å². The van der Waals surface area contributed by atoms with E-state index in [0.717, 1.165) is 23.3 Å². The van der Waals surface area contributed by atoms with E-state index in [1.54, 1.807) is 0 Å². The molecule has 4 N–H and O–H groups in total. The maximum atomic E-state index is 5.37. The molecule has 2 rings (SSSR count). The predicted octanol–water partition coefficient (Wildman–Crippen LogP) is 3.13. The minimum absolute atomic E-state index is 0.497. The van der Waals surface area contributed by atoms with Gasteiger partial charge in [-0.05, 0) is 33.8 Å². The molecule has 106 valence electrons. The summed E-state index contributed by atoms with van der Waals surface area (Å²) < 4.78 is 0.745. The second-order valence-electron chi connectivity index (χ2n) is 4.56. The van der Waals surface area contributed by atoms with Crippen LogP contribution in [0.5, 0.6) is 0 Å². The summed E-state index contributed by atoms with van der Waals surface area (Å²) in [6.07, 6.45) is 2.49. The van der Waals surface area contributed by atoms with E-state index in [1.807, 2.05) is 6.07 Å². The van der Waals surface area contributed by atoms with Crippen LogP contribution in [0.1, 0.15) is 24.8 Å². The van der Waals surface area contributed by atoms with Gasteiger partial charge in [-0.1, -0.05) is 37.3 Å². The Morgan fingerprint density at radius 3 is 2.60 bits per heavy atom. The van der Waals surface area contributed by atoms with Crippen LogP contribution >= 0.6 is 15.9 Å². The lowest BCUT2D eigenvalue weighted by atomic mass is 9.98. The topological polar surface area (TPSA) is 75.9 Å². The maximum Gasteiger partial charge on any atom is 0.159 e. The van der Waals surface area contributed by atoms with Gasteiger partial charge in [-0.25, -0.2) is 15.8 Å². The zero-order valence-corrected chi connectivity index (χ0v) is 12.9. The first kappa shape index (κ1) is 14.7. The number of nitrogens with zero attached hydrogens (tertiary/aromatic N) is 2. The number of nitrogens with one attached hydrogen (secondary N) is 2. The number of anilines is 2. The Balaban J connectivity index is 1.90. The van der Waals surface area contributed by atoms with Crippen molar-refractivity contribution >= 4 is 27.6 Å². The minimum atomic E-state index is 0.497. The van der Waals surface area contributed by atoms with Crippen molar-refractivity contribution in [1.29, 1.82) is 0 Å². The van der Waals surface area contributed by atoms with Crippen molar-refractivity contribution in [2.75, 3.05) is 17.3 Å². The van der Waals surface area contributed by atoms with Crippen LogP contribution < -0.4 is 16.6 Å². The number of hydrogen-bond acceptors (Lipinski definition) is 5. The molecule has 0 saturated heterocycles. The fraction of sp³-hybridized carbons (Fsp3) is 0.286. The van der Waals surface area contributed by atoms with E-state index < -0.39 is 0 Å². The molecule has 0 saturated carbocycles. The quantitative estimate of drug-likeness (QED) is 0.558. The van der Waals surface area contributed by atoms with Crippen molar-refractivity contribution in [2.45, 2.75) is 19.3 Å². The standard InChI is InChI=1S/C14H18BrN5/c1-10(11-5-3-2-4-6-11)7-8-17-13-12(15)14(20-16)19-9-18-13/h2-6,9-10H,7-8,16H2,1H3,(H2,17,18,19,20). The Bertz CT molecular complexity index is 547. The predicted molar refractivity (Wildman–Crippen MR) is 85.5 cm³/mol. The van der Waals surface area contributed by atoms with Gasteiger partial charge in [0.2, 0.25) is 0 Å². The highest BCUT2D eigenvalue weighted by molar-refractivity contribution is 9.10. The number of halogens is 1. The van der Waals surface area contributed by atoms with Crippen molar-refractivity contribution in [3.05, 3.63) is 46.7 Å². The summed E-state index contributed by atoms with van der Waals surface area (Å²) in [6, 6.07) is 10.5. The lowest BCUT2D eigenvalue weighted by Gasteiger charge is -2.14. The van der Waals surface area contributed by atoms with E-state index in [-0.39, 0.29) is 0 Å². The monoisotopic (exact) mass is 335 g/mol. The van der Waals surface area contributed by atoms with Gasteiger partial charge in [-0.2, -0.15) is 0 Å². The molecule has 0 amide bonds. The fourth-order valence-corrected chi connectivity index (χ4v) is 2.41. The van der Waals surface area contributed by atoms with Crippen LogP contribution in [0.3, 0.4) is 0 Å². The molecule has 0 fully saturated rings. The Labute approximate surface area is 127 Å². The molecule has 6 heteroatoms. The van der Waals surface area contributed by atoms with Crippen LogP contribution in [0.25, 0.3) is 0 Å². The van der Waals surface area contributed by atoms with Crippen LogP contribution in [0.4, 0.5) is 11.6 Å². The number of aromatic nitrogens is 2. The Morgan fingerprint density at radius 1 is 1.20 bits per heavy atom. The molecule has 1 heterocycles. The van der Waals surface area contributed by atoms with Crippen LogP contribution in [0.15, 0.2) is 41.1 Å². The first-order valence-electron chi connectivity index (χ1n) is 6.48. The molecule has 1 aromatic heterocycles. The second kappa shape index (κ2) is 7.21. The van der Waals surface area contributed by atoms with Crippen molar-refractivity contribution in [1.82, 2.24) is 9.97 Å². The number of hydrazine groups is 1. The number of rotatable bonds is 6. The van der Waals surface area contributed by atoms with E-state index in [9.17, 15) is 0 Å². The minimum Gasteiger partial charge on any atom is -0.369 e. The summed E-state index contributed by atoms with van der Waals surface area (Å²) in [7, 11) is 0. The second-order valence-corrected chi connectivity index (χ2v) is 5.35. The van der Waals surface area contributed by atoms with Gasteiger partial charge in [0, 0.05) is 6.54 Å². The molecule has 1 atom stereocenters. The number of nitrogen functional groups attached to an aromatic ring is 1. The van der Waals surface area contributed by atoms with Crippen molar-refractivity contribution < 1.29 is 0 Å². The highest BCUT2D eigenvalue weighted by atomic mass is 79.9. The first-order chi connectivity index (χ1) is 9.72. The average molecular weight is 336 g/mol. The summed E-state index contributed by atoms with van der Waals surface area (Å²) in [5, 5.41) is 3.29. The lowest BCUT2D eigenvalue weighted by molar-refractivity contribution is 0.704. The van der Waals surface area contributed by atoms with E-state index in [4.69, 9.17) is 5.84 Å². The van der Waals surface area contributed by atoms with Gasteiger partial charge in [-0.3, -0.25) is 0 Å². The molecule has 2 aromatic rings. The molecule has 5 nitrogen and oxygen atoms in total. The van der Waals surface area contributed by atoms with E-state index in [0.29, 0.717) is 11.7 Å². The van der Waals surface area contributed by atoms with Crippen LogP contribution in [-0.2, 0) is 0 Å². The lowest BCUT2D eigenvalue weighted by Crippen LogP contribution is -2.12. The van der Waals surface area contributed by atoms with Crippen molar-refractivity contribution in [2.24, 2.45) is 5.84 Å². The molecular formula is C14H18BrN5. The Hall–Kier alpha value is -1.66. The smallest absolute Gasteiger partial charge is 0.159 e. The molecule has 1 aromatic carbocycles. The third-order valence-electron chi connectivity index (χ3n) is 3.16. The van der Waals surface area contributed by atoms with Gasteiger partial charge < -0.3 is 10.7 Å². The Morgan fingerprint density at radius 2 is 1.90 bits per heavy atom. The molecule has 0 radical (unpaired) electrons. The van der Waals surface area contributed by atoms with Gasteiger partial charge in [-0.15, -0.1) is 0 Å². The molecule has 20 heavy (non-hydrogen) atoms. The highest BCUT2D eigenvalue weighted by Crippen LogP contribution is 2.26. The summed E-state index contributed by atoms with van der Waals surface area (Å²) in [5.74, 6) is 7.18. The van der Waals surface area contributed by atoms with Crippen molar-refractivity contribution in [3.8, 4) is 0 Å². The zero-order valence-electron chi connectivity index (χ0n) is 11.3. The molecular weight excluding hydrogens is 318 g/mol. The fourth-order valence-electron chi connectivity index (χ4n) is 1.95. The normalized spacial score (nSPS) is 11.9. The Kier molecular flexibility index (Phi) is 5.31. The van der Waals surface area contributed by atoms with E-state index in [1.165, 1.54) is 11.9 Å². The third kappa shape index (κ3) is 3.68. The molecule has 0 bridgehead atoms. The van der Waals surface area contributed by atoms with Gasteiger partial charge >= 0.3 is 0 Å². The molecule has 0 aliphatic heterocycles. The summed E-state index contributed by atoms with van der Waals surface area (Å²) in [6.45, 7) is 3.05. The zero-order chi connectivity index (χ0) is 14.4. The van der Waals surface area contributed by atoms with Crippen molar-refractivity contribution in [3.63, 3.8) is 0 Å². The summed E-state index contributed by atoms with van der Waals surface area (Å²) in [4.78, 5) is 8.21. The maximum absolute atomic E-state index is 5.37. The molecule has 0 spiro atoms. The van der Waals surface area contributed by atoms with Crippen LogP contribution in [0, 0.1) is 0 Å².